The Morgan fingerprint density at radius 1 is 0.926 bits per heavy atom. The highest BCUT2D eigenvalue weighted by atomic mass is 32.2. The largest absolute Gasteiger partial charge is 0.368 e. The first-order valence-electron chi connectivity index (χ1n) is 9.00. The number of benzene rings is 2. The van der Waals surface area contributed by atoms with Crippen LogP contribution in [0.3, 0.4) is 0 Å². The molecule has 0 unspecified atom stereocenters. The van der Waals surface area contributed by atoms with E-state index in [1.807, 2.05) is 48.5 Å². The van der Waals surface area contributed by atoms with Crippen molar-refractivity contribution in [1.82, 2.24) is 9.21 Å². The van der Waals surface area contributed by atoms with Gasteiger partial charge >= 0.3 is 0 Å². The number of hydrogen-bond acceptors (Lipinski definition) is 4. The minimum absolute atomic E-state index is 0.126. The van der Waals surface area contributed by atoms with E-state index < -0.39 is 10.0 Å². The number of rotatable bonds is 6. The Morgan fingerprint density at radius 2 is 1.48 bits per heavy atom. The number of nitrogens with zero attached hydrogens (tertiary/aromatic N) is 3. The average molecular weight is 388 g/mol. The molecule has 0 aliphatic carbocycles. The lowest BCUT2D eigenvalue weighted by Gasteiger charge is -2.36. The molecule has 6 nitrogen and oxygen atoms in total. The van der Waals surface area contributed by atoms with Gasteiger partial charge in [-0.3, -0.25) is 4.79 Å². The van der Waals surface area contributed by atoms with Crippen molar-refractivity contribution in [2.24, 2.45) is 0 Å². The van der Waals surface area contributed by atoms with Crippen LogP contribution in [-0.4, -0.2) is 62.5 Å². The first kappa shape index (κ1) is 19.4. The topological polar surface area (TPSA) is 60.9 Å². The number of para-hydroxylation sites is 1. The molecule has 0 aromatic heterocycles. The summed E-state index contributed by atoms with van der Waals surface area (Å²) in [6, 6.07) is 19.4. The Bertz CT molecular complexity index is 849. The maximum Gasteiger partial charge on any atom is 0.238 e. The molecule has 1 amide bonds. The number of hydrogen-bond donors (Lipinski definition) is 0. The standard InChI is InChI=1S/C20H25N3O3S/c1-27(25,26)23(16-18-8-4-2-5-9-18)17-20(24)22-14-12-21(13-15-22)19-10-6-3-7-11-19/h2-11H,12-17H2,1H3. The van der Waals surface area contributed by atoms with Gasteiger partial charge in [0.15, 0.2) is 0 Å². The van der Waals surface area contributed by atoms with E-state index in [-0.39, 0.29) is 19.0 Å². The van der Waals surface area contributed by atoms with Crippen molar-refractivity contribution >= 4 is 21.6 Å². The third kappa shape index (κ3) is 5.30. The van der Waals surface area contributed by atoms with Gasteiger partial charge in [-0.25, -0.2) is 8.42 Å². The molecule has 0 bridgehead atoms. The van der Waals surface area contributed by atoms with Gasteiger partial charge in [0.25, 0.3) is 0 Å². The van der Waals surface area contributed by atoms with E-state index in [0.717, 1.165) is 30.6 Å². The van der Waals surface area contributed by atoms with Crippen LogP contribution in [-0.2, 0) is 21.4 Å². The van der Waals surface area contributed by atoms with Crippen LogP contribution < -0.4 is 4.90 Å². The minimum Gasteiger partial charge on any atom is -0.368 e. The smallest absolute Gasteiger partial charge is 0.238 e. The average Bonchev–Trinajstić information content (AvgIpc) is 2.68. The maximum absolute atomic E-state index is 12.7. The van der Waals surface area contributed by atoms with Gasteiger partial charge in [0.2, 0.25) is 15.9 Å². The van der Waals surface area contributed by atoms with Crippen LogP contribution in [0.2, 0.25) is 0 Å². The highest BCUT2D eigenvalue weighted by Gasteiger charge is 2.26. The molecule has 1 aliphatic rings. The van der Waals surface area contributed by atoms with Crippen LogP contribution in [0, 0.1) is 0 Å². The van der Waals surface area contributed by atoms with Crippen LogP contribution >= 0.6 is 0 Å². The second-order valence-electron chi connectivity index (χ2n) is 6.72. The Hall–Kier alpha value is -2.38. The molecule has 1 fully saturated rings. The Morgan fingerprint density at radius 3 is 2.04 bits per heavy atom. The normalized spacial score (nSPS) is 15.2. The highest BCUT2D eigenvalue weighted by molar-refractivity contribution is 7.88. The van der Waals surface area contributed by atoms with Crippen molar-refractivity contribution in [2.75, 3.05) is 43.9 Å². The summed E-state index contributed by atoms with van der Waals surface area (Å²) < 4.78 is 25.5. The third-order valence-electron chi connectivity index (χ3n) is 4.74. The number of carbonyl (C=O) groups is 1. The van der Waals surface area contributed by atoms with Crippen molar-refractivity contribution in [1.29, 1.82) is 0 Å². The molecular weight excluding hydrogens is 362 g/mol. The van der Waals surface area contributed by atoms with Crippen molar-refractivity contribution in [3.63, 3.8) is 0 Å². The Kier molecular flexibility index (Phi) is 6.13. The molecule has 0 N–H and O–H groups in total. The zero-order valence-electron chi connectivity index (χ0n) is 15.5. The van der Waals surface area contributed by atoms with Crippen molar-refractivity contribution in [2.45, 2.75) is 6.54 Å². The monoisotopic (exact) mass is 387 g/mol. The predicted octanol–water partition coefficient (Wildman–Crippen LogP) is 1.80. The van der Waals surface area contributed by atoms with Crippen LogP contribution in [0.1, 0.15) is 5.56 Å². The van der Waals surface area contributed by atoms with E-state index in [1.165, 1.54) is 4.31 Å². The summed E-state index contributed by atoms with van der Waals surface area (Å²) in [4.78, 5) is 16.7. The molecule has 1 aliphatic heterocycles. The van der Waals surface area contributed by atoms with E-state index in [9.17, 15) is 13.2 Å². The van der Waals surface area contributed by atoms with Gasteiger partial charge in [0.1, 0.15) is 0 Å². The summed E-state index contributed by atoms with van der Waals surface area (Å²) >= 11 is 0. The van der Waals surface area contributed by atoms with Crippen molar-refractivity contribution < 1.29 is 13.2 Å². The molecule has 27 heavy (non-hydrogen) atoms. The first-order chi connectivity index (χ1) is 12.9. The zero-order valence-corrected chi connectivity index (χ0v) is 16.3. The number of piperazine rings is 1. The summed E-state index contributed by atoms with van der Waals surface area (Å²) in [6.07, 6.45) is 1.15. The molecular formula is C20H25N3O3S. The molecule has 2 aromatic carbocycles. The van der Waals surface area contributed by atoms with Gasteiger partial charge in [-0.15, -0.1) is 0 Å². The van der Waals surface area contributed by atoms with Crippen molar-refractivity contribution in [3.8, 4) is 0 Å². The fraction of sp³-hybridized carbons (Fsp3) is 0.350. The lowest BCUT2D eigenvalue weighted by Crippen LogP contribution is -2.51. The number of amides is 1. The van der Waals surface area contributed by atoms with Crippen LogP contribution in [0.15, 0.2) is 60.7 Å². The fourth-order valence-electron chi connectivity index (χ4n) is 3.18. The van der Waals surface area contributed by atoms with Gasteiger partial charge in [-0.2, -0.15) is 4.31 Å². The van der Waals surface area contributed by atoms with Crippen LogP contribution in [0.4, 0.5) is 5.69 Å². The first-order valence-corrected chi connectivity index (χ1v) is 10.8. The number of sulfonamides is 1. The second-order valence-corrected chi connectivity index (χ2v) is 8.70. The van der Waals surface area contributed by atoms with Crippen molar-refractivity contribution in [3.05, 3.63) is 66.2 Å². The van der Waals surface area contributed by atoms with E-state index in [2.05, 4.69) is 17.0 Å². The van der Waals surface area contributed by atoms with Gasteiger partial charge in [0, 0.05) is 38.4 Å². The molecule has 1 heterocycles. The summed E-state index contributed by atoms with van der Waals surface area (Å²) in [7, 11) is -3.48. The molecule has 7 heteroatoms. The second kappa shape index (κ2) is 8.54. The molecule has 0 atom stereocenters. The summed E-state index contributed by atoms with van der Waals surface area (Å²) in [5.41, 5.74) is 2.01. The number of carbonyl (C=O) groups excluding carboxylic acids is 1. The Balaban J connectivity index is 1.60. The Labute approximate surface area is 161 Å². The molecule has 0 saturated carbocycles. The molecule has 2 aromatic rings. The molecule has 144 valence electrons. The SMILES string of the molecule is CS(=O)(=O)N(CC(=O)N1CCN(c2ccccc2)CC1)Cc1ccccc1. The van der Waals surface area contributed by atoms with E-state index in [4.69, 9.17) is 0 Å². The van der Waals surface area contributed by atoms with Gasteiger partial charge < -0.3 is 9.80 Å². The van der Waals surface area contributed by atoms with Gasteiger partial charge in [0.05, 0.1) is 12.8 Å². The molecule has 0 radical (unpaired) electrons. The quantitative estimate of drug-likeness (QED) is 0.758. The van der Waals surface area contributed by atoms with Crippen LogP contribution in [0.25, 0.3) is 0 Å². The zero-order chi connectivity index (χ0) is 19.3. The van der Waals surface area contributed by atoms with Crippen LogP contribution in [0.5, 0.6) is 0 Å². The van der Waals surface area contributed by atoms with Gasteiger partial charge in [-0.05, 0) is 17.7 Å². The molecule has 3 rings (SSSR count). The van der Waals surface area contributed by atoms with E-state index in [0.29, 0.717) is 13.1 Å². The predicted molar refractivity (Wildman–Crippen MR) is 107 cm³/mol. The molecule has 1 saturated heterocycles. The van der Waals surface area contributed by atoms with E-state index in [1.54, 1.807) is 4.90 Å². The summed E-state index contributed by atoms with van der Waals surface area (Å²) in [6.45, 7) is 2.75. The van der Waals surface area contributed by atoms with Gasteiger partial charge in [-0.1, -0.05) is 48.5 Å². The lowest BCUT2D eigenvalue weighted by atomic mass is 10.2. The number of anilines is 1. The third-order valence-corrected chi connectivity index (χ3v) is 5.93. The fourth-order valence-corrected chi connectivity index (χ4v) is 3.91. The molecule has 0 spiro atoms. The summed E-state index contributed by atoms with van der Waals surface area (Å²) in [5, 5.41) is 0. The maximum atomic E-state index is 12.7. The lowest BCUT2D eigenvalue weighted by molar-refractivity contribution is -0.131. The minimum atomic E-state index is -3.48. The summed E-state index contributed by atoms with van der Waals surface area (Å²) in [5.74, 6) is -0.149. The highest BCUT2D eigenvalue weighted by Crippen LogP contribution is 2.16. The van der Waals surface area contributed by atoms with E-state index >= 15 is 0 Å².